The van der Waals surface area contributed by atoms with Gasteiger partial charge in [0.2, 0.25) is 0 Å². The van der Waals surface area contributed by atoms with Crippen molar-refractivity contribution in [3.63, 3.8) is 0 Å². The quantitative estimate of drug-likeness (QED) is 0.805. The molecule has 4 atom stereocenters. The fraction of sp³-hybridized carbons (Fsp3) is 0.632. The van der Waals surface area contributed by atoms with Crippen molar-refractivity contribution in [2.24, 2.45) is 17.6 Å². The van der Waals surface area contributed by atoms with Crippen molar-refractivity contribution in [1.82, 2.24) is 0 Å². The number of esters is 1. The molecule has 1 fully saturated rings. The zero-order valence-corrected chi connectivity index (χ0v) is 16.0. The normalized spacial score (nSPS) is 27.6. The summed E-state index contributed by atoms with van der Waals surface area (Å²) in [7, 11) is 0. The van der Waals surface area contributed by atoms with Gasteiger partial charge in [-0.25, -0.2) is 0 Å². The molecule has 5 nitrogen and oxygen atoms in total. The molecule has 0 aliphatic carbocycles. The highest BCUT2D eigenvalue weighted by Gasteiger charge is 2.34. The van der Waals surface area contributed by atoms with Crippen LogP contribution in [0.5, 0.6) is 0 Å². The molecule has 0 aromatic heterocycles. The highest BCUT2D eigenvalue weighted by atomic mass is 35.5. The van der Waals surface area contributed by atoms with Gasteiger partial charge >= 0.3 is 5.97 Å². The number of hydrogen-bond acceptors (Lipinski definition) is 5. The molecular formula is C19H30ClNO4. The van der Waals surface area contributed by atoms with Crippen LogP contribution < -0.4 is 5.73 Å². The Morgan fingerprint density at radius 3 is 2.56 bits per heavy atom. The van der Waals surface area contributed by atoms with Crippen molar-refractivity contribution in [3.8, 4) is 0 Å². The fourth-order valence-electron chi connectivity index (χ4n) is 2.83. The van der Waals surface area contributed by atoms with Crippen LogP contribution >= 0.6 is 12.4 Å². The minimum absolute atomic E-state index is 0. The average molecular weight is 372 g/mol. The molecule has 0 bridgehead atoms. The summed E-state index contributed by atoms with van der Waals surface area (Å²) in [6, 6.07) is 9.43. The van der Waals surface area contributed by atoms with Gasteiger partial charge in [0.25, 0.3) is 0 Å². The Morgan fingerprint density at radius 1 is 1.24 bits per heavy atom. The molecule has 2 rings (SSSR count). The van der Waals surface area contributed by atoms with E-state index in [-0.39, 0.29) is 37.1 Å². The maximum atomic E-state index is 12.0. The maximum absolute atomic E-state index is 12.0. The molecule has 2 N–H and O–H groups in total. The molecule has 1 aliphatic rings. The van der Waals surface area contributed by atoms with Crippen LogP contribution in [0.1, 0.15) is 26.3 Å². The summed E-state index contributed by atoms with van der Waals surface area (Å²) in [5.74, 6) is 0.0283. The van der Waals surface area contributed by atoms with Gasteiger partial charge in [0.1, 0.15) is 12.1 Å². The van der Waals surface area contributed by atoms with Crippen molar-refractivity contribution < 1.29 is 19.0 Å². The average Bonchev–Trinajstić information content (AvgIpc) is 2.60. The van der Waals surface area contributed by atoms with Gasteiger partial charge < -0.3 is 19.9 Å². The van der Waals surface area contributed by atoms with E-state index < -0.39 is 12.0 Å². The van der Waals surface area contributed by atoms with Gasteiger partial charge in [-0.2, -0.15) is 0 Å². The van der Waals surface area contributed by atoms with Gasteiger partial charge in [-0.15, -0.1) is 12.4 Å². The second-order valence-corrected chi connectivity index (χ2v) is 6.91. The predicted molar refractivity (Wildman–Crippen MR) is 99.8 cm³/mol. The van der Waals surface area contributed by atoms with Crippen LogP contribution in [-0.2, 0) is 25.4 Å². The van der Waals surface area contributed by atoms with Gasteiger partial charge in [0.05, 0.1) is 19.3 Å². The number of cyclic esters (lactones) is 1. The molecule has 0 unspecified atom stereocenters. The zero-order valence-electron chi connectivity index (χ0n) is 15.2. The second-order valence-electron chi connectivity index (χ2n) is 6.91. The second kappa shape index (κ2) is 10.8. The van der Waals surface area contributed by atoms with Crippen LogP contribution in [0.2, 0.25) is 0 Å². The summed E-state index contributed by atoms with van der Waals surface area (Å²) in [4.78, 5) is 12.0. The third-order valence-electron chi connectivity index (χ3n) is 4.22. The van der Waals surface area contributed by atoms with E-state index in [1.54, 1.807) is 0 Å². The standard InChI is InChI=1S/C19H29NO4.ClH/c1-13(2)10-23-18-12-22-11-17(20)19(21)24-14(3)16(18)9-15-7-5-4-6-8-15;/h4-8,13-14,16-18H,9-12,20H2,1-3H3;1H/t14-,16-,17-,18-;/m0./s1. The number of halogens is 1. The van der Waals surface area contributed by atoms with Gasteiger partial charge in [-0.1, -0.05) is 44.2 Å². The lowest BCUT2D eigenvalue weighted by Gasteiger charge is -2.31. The summed E-state index contributed by atoms with van der Waals surface area (Å²) in [5, 5.41) is 0. The molecule has 0 radical (unpaired) electrons. The van der Waals surface area contributed by atoms with Crippen molar-refractivity contribution >= 4 is 18.4 Å². The molecule has 0 saturated carbocycles. The Kier molecular flexibility index (Phi) is 9.43. The molecule has 1 aliphatic heterocycles. The van der Waals surface area contributed by atoms with E-state index in [0.717, 1.165) is 6.42 Å². The Labute approximate surface area is 156 Å². The molecule has 1 saturated heterocycles. The van der Waals surface area contributed by atoms with E-state index in [2.05, 4.69) is 26.0 Å². The molecule has 6 heteroatoms. The lowest BCUT2D eigenvalue weighted by Crippen LogP contribution is -2.40. The number of benzene rings is 1. The Morgan fingerprint density at radius 2 is 1.92 bits per heavy atom. The van der Waals surface area contributed by atoms with Crippen LogP contribution in [0, 0.1) is 11.8 Å². The molecule has 0 amide bonds. The predicted octanol–water partition coefficient (Wildman–Crippen LogP) is 2.60. The molecule has 1 aromatic rings. The maximum Gasteiger partial charge on any atom is 0.325 e. The van der Waals surface area contributed by atoms with Gasteiger partial charge in [-0.05, 0) is 24.8 Å². The third-order valence-corrected chi connectivity index (χ3v) is 4.22. The summed E-state index contributed by atoms with van der Waals surface area (Å²) in [6.45, 7) is 7.36. The van der Waals surface area contributed by atoms with E-state index in [1.807, 2.05) is 25.1 Å². The summed E-state index contributed by atoms with van der Waals surface area (Å²) >= 11 is 0. The van der Waals surface area contributed by atoms with Gasteiger partial charge in [0.15, 0.2) is 0 Å². The first-order valence-electron chi connectivity index (χ1n) is 8.66. The molecule has 25 heavy (non-hydrogen) atoms. The molecule has 1 heterocycles. The van der Waals surface area contributed by atoms with E-state index in [9.17, 15) is 4.79 Å². The number of ether oxygens (including phenoxy) is 3. The van der Waals surface area contributed by atoms with Crippen molar-refractivity contribution in [3.05, 3.63) is 35.9 Å². The van der Waals surface area contributed by atoms with Gasteiger partial charge in [-0.3, -0.25) is 4.79 Å². The molecular weight excluding hydrogens is 342 g/mol. The highest BCUT2D eigenvalue weighted by Crippen LogP contribution is 2.24. The smallest absolute Gasteiger partial charge is 0.325 e. The minimum Gasteiger partial charge on any atom is -0.461 e. The topological polar surface area (TPSA) is 70.8 Å². The first-order chi connectivity index (χ1) is 11.5. The highest BCUT2D eigenvalue weighted by molar-refractivity contribution is 5.85. The largest absolute Gasteiger partial charge is 0.461 e. The molecule has 142 valence electrons. The van der Waals surface area contributed by atoms with E-state index >= 15 is 0 Å². The summed E-state index contributed by atoms with van der Waals surface area (Å²) in [6.07, 6.45) is 0.333. The van der Waals surface area contributed by atoms with Crippen LogP contribution in [-0.4, -0.2) is 44.0 Å². The lowest BCUT2D eigenvalue weighted by molar-refractivity contribution is -0.154. The van der Waals surface area contributed by atoms with E-state index in [4.69, 9.17) is 19.9 Å². The molecule has 0 spiro atoms. The van der Waals surface area contributed by atoms with Crippen LogP contribution in [0.4, 0.5) is 0 Å². The van der Waals surface area contributed by atoms with Crippen molar-refractivity contribution in [1.29, 1.82) is 0 Å². The Bertz CT molecular complexity index is 511. The van der Waals surface area contributed by atoms with Crippen LogP contribution in [0.15, 0.2) is 30.3 Å². The Balaban J connectivity index is 0.00000312. The minimum atomic E-state index is -0.742. The first kappa shape index (κ1) is 21.9. The number of carbonyl (C=O) groups is 1. The number of hydrogen-bond donors (Lipinski definition) is 1. The zero-order chi connectivity index (χ0) is 17.5. The van der Waals surface area contributed by atoms with E-state index in [1.165, 1.54) is 5.56 Å². The van der Waals surface area contributed by atoms with Crippen LogP contribution in [0.25, 0.3) is 0 Å². The summed E-state index contributed by atoms with van der Waals surface area (Å²) in [5.41, 5.74) is 6.99. The third kappa shape index (κ3) is 6.94. The lowest BCUT2D eigenvalue weighted by atomic mass is 9.89. The number of nitrogens with two attached hydrogens (primary N) is 1. The van der Waals surface area contributed by atoms with E-state index in [0.29, 0.717) is 19.1 Å². The SMILES string of the molecule is CC(C)CO[C@H]1COC[C@H](N)C(=O)O[C@@H](C)[C@@H]1Cc1ccccc1.Cl. The van der Waals surface area contributed by atoms with Gasteiger partial charge in [0, 0.05) is 12.5 Å². The monoisotopic (exact) mass is 371 g/mol. The van der Waals surface area contributed by atoms with Crippen molar-refractivity contribution in [2.75, 3.05) is 19.8 Å². The number of rotatable bonds is 5. The first-order valence-corrected chi connectivity index (χ1v) is 8.66. The molecule has 1 aromatic carbocycles. The van der Waals surface area contributed by atoms with Crippen LogP contribution in [0.3, 0.4) is 0 Å². The fourth-order valence-corrected chi connectivity index (χ4v) is 2.83. The number of carbonyl (C=O) groups excluding carboxylic acids is 1. The summed E-state index contributed by atoms with van der Waals surface area (Å²) < 4.78 is 17.3. The van der Waals surface area contributed by atoms with Crippen molar-refractivity contribution in [2.45, 2.75) is 45.4 Å². The Hall–Kier alpha value is -1.14.